The van der Waals surface area contributed by atoms with Gasteiger partial charge < -0.3 is 5.32 Å². The smallest absolute Gasteiger partial charge is 0.211 e. The largest absolute Gasteiger partial charge is 0.332 e. The highest BCUT2D eigenvalue weighted by Gasteiger charge is 1.78. The third kappa shape index (κ3) is 2.91. The van der Waals surface area contributed by atoms with Crippen LogP contribution in [0.2, 0.25) is 0 Å². The average molecular weight is 110 g/mol. The molecule has 3 nitrogen and oxygen atoms in total. The highest BCUT2D eigenvalue weighted by molar-refractivity contribution is 5.49. The Balaban J connectivity index is 3.65. The van der Waals surface area contributed by atoms with Crippen molar-refractivity contribution in [2.24, 2.45) is 0 Å². The van der Waals surface area contributed by atoms with Gasteiger partial charge in [-0.25, -0.2) is 0 Å². The van der Waals surface area contributed by atoms with Crippen molar-refractivity contribution in [3.63, 3.8) is 0 Å². The summed E-state index contributed by atoms with van der Waals surface area (Å²) < 4.78 is 0. The van der Waals surface area contributed by atoms with E-state index < -0.39 is 0 Å². The number of nitrogens with zero attached hydrogens (tertiary/aromatic N) is 1. The summed E-state index contributed by atoms with van der Waals surface area (Å²) in [6.07, 6.45) is 1.79. The zero-order valence-electron chi connectivity index (χ0n) is 4.51. The first-order valence-electron chi connectivity index (χ1n) is 2.08. The molecular formula is C5H6N2O. The second-order valence-electron chi connectivity index (χ2n) is 1.22. The summed E-state index contributed by atoms with van der Waals surface area (Å²) in [6, 6.07) is 1.77. The van der Waals surface area contributed by atoms with Crippen molar-refractivity contribution < 1.29 is 4.79 Å². The summed E-state index contributed by atoms with van der Waals surface area (Å²) >= 11 is 0. The lowest BCUT2D eigenvalue weighted by molar-refractivity contribution is -0.108. The number of carbonyl (C=O) groups excluding carboxylic acids is 1. The van der Waals surface area contributed by atoms with Gasteiger partial charge in [-0.2, -0.15) is 5.26 Å². The van der Waals surface area contributed by atoms with Gasteiger partial charge in [0.05, 0.1) is 6.07 Å². The first kappa shape index (κ1) is 6.70. The molecule has 0 aromatic heterocycles. The van der Waals surface area contributed by atoms with E-state index in [2.05, 4.69) is 5.32 Å². The highest BCUT2D eigenvalue weighted by atomic mass is 16.1. The quantitative estimate of drug-likeness (QED) is 0.406. The van der Waals surface area contributed by atoms with Gasteiger partial charge in [-0.3, -0.25) is 4.79 Å². The molecule has 3 heteroatoms. The van der Waals surface area contributed by atoms with E-state index in [1.807, 2.05) is 0 Å². The summed E-state index contributed by atoms with van der Waals surface area (Å²) in [4.78, 5) is 9.63. The molecule has 1 amide bonds. The van der Waals surface area contributed by atoms with E-state index in [4.69, 9.17) is 5.26 Å². The van der Waals surface area contributed by atoms with E-state index in [0.29, 0.717) is 12.1 Å². The number of hydrogen-bond donors (Lipinski definition) is 1. The Morgan fingerprint density at radius 3 is 2.88 bits per heavy atom. The molecular weight excluding hydrogens is 104 g/mol. The lowest BCUT2D eigenvalue weighted by atomic mass is 10.5. The standard InChI is InChI=1S/C5H6N2O/c1-5(2-3-6)7-4-8/h2,4H,1H3,(H,7,8). The first-order chi connectivity index (χ1) is 3.81. The van der Waals surface area contributed by atoms with Crippen LogP contribution in [0.1, 0.15) is 6.92 Å². The van der Waals surface area contributed by atoms with Crippen LogP contribution in [0.25, 0.3) is 0 Å². The van der Waals surface area contributed by atoms with Crippen LogP contribution in [0.3, 0.4) is 0 Å². The number of hydrogen-bond acceptors (Lipinski definition) is 2. The topological polar surface area (TPSA) is 52.9 Å². The molecule has 0 radical (unpaired) electrons. The molecule has 1 N–H and O–H groups in total. The molecule has 0 bridgehead atoms. The maximum Gasteiger partial charge on any atom is 0.211 e. The van der Waals surface area contributed by atoms with Crippen molar-refractivity contribution >= 4 is 6.41 Å². The second-order valence-corrected chi connectivity index (χ2v) is 1.22. The van der Waals surface area contributed by atoms with Gasteiger partial charge in [-0.1, -0.05) is 0 Å². The Kier molecular flexibility index (Phi) is 3.25. The molecule has 0 fully saturated rings. The van der Waals surface area contributed by atoms with Gasteiger partial charge in [-0.15, -0.1) is 0 Å². The summed E-state index contributed by atoms with van der Waals surface area (Å²) in [7, 11) is 0. The fraction of sp³-hybridized carbons (Fsp3) is 0.200. The van der Waals surface area contributed by atoms with E-state index >= 15 is 0 Å². The second kappa shape index (κ2) is 3.88. The van der Waals surface area contributed by atoms with E-state index in [0.717, 1.165) is 0 Å². The van der Waals surface area contributed by atoms with E-state index in [-0.39, 0.29) is 0 Å². The van der Waals surface area contributed by atoms with Crippen molar-refractivity contribution in [3.05, 3.63) is 11.8 Å². The van der Waals surface area contributed by atoms with Gasteiger partial charge in [0.15, 0.2) is 0 Å². The van der Waals surface area contributed by atoms with Gasteiger partial charge in [-0.05, 0) is 6.92 Å². The molecule has 0 unspecified atom stereocenters. The molecule has 0 spiro atoms. The zero-order chi connectivity index (χ0) is 6.41. The normalized spacial score (nSPS) is 9.75. The van der Waals surface area contributed by atoms with Gasteiger partial charge >= 0.3 is 0 Å². The van der Waals surface area contributed by atoms with Crippen molar-refractivity contribution in [2.45, 2.75) is 6.92 Å². The predicted molar refractivity (Wildman–Crippen MR) is 28.6 cm³/mol. The Hall–Kier alpha value is -1.30. The average Bonchev–Trinajstić information content (AvgIpc) is 1.68. The predicted octanol–water partition coefficient (Wildman–Crippen LogP) is 0.160. The number of nitriles is 1. The zero-order valence-corrected chi connectivity index (χ0v) is 4.51. The Labute approximate surface area is 47.6 Å². The molecule has 0 saturated heterocycles. The molecule has 0 atom stereocenters. The Morgan fingerprint density at radius 2 is 2.50 bits per heavy atom. The maximum absolute atomic E-state index is 9.63. The van der Waals surface area contributed by atoms with Crippen molar-refractivity contribution in [1.29, 1.82) is 5.26 Å². The monoisotopic (exact) mass is 110 g/mol. The number of rotatable bonds is 2. The minimum absolute atomic E-state index is 0.531. The van der Waals surface area contributed by atoms with E-state index in [1.165, 1.54) is 6.08 Å². The lowest BCUT2D eigenvalue weighted by Gasteiger charge is -1.88. The van der Waals surface area contributed by atoms with E-state index in [9.17, 15) is 4.79 Å². The van der Waals surface area contributed by atoms with Gasteiger partial charge in [0.1, 0.15) is 0 Å². The van der Waals surface area contributed by atoms with Crippen molar-refractivity contribution in [3.8, 4) is 6.07 Å². The van der Waals surface area contributed by atoms with Crippen LogP contribution in [0.4, 0.5) is 0 Å². The molecule has 0 aromatic carbocycles. The maximum atomic E-state index is 9.63. The molecule has 0 aromatic rings. The van der Waals surface area contributed by atoms with Crippen LogP contribution < -0.4 is 5.32 Å². The van der Waals surface area contributed by atoms with E-state index in [1.54, 1.807) is 13.0 Å². The van der Waals surface area contributed by atoms with Gasteiger partial charge in [0, 0.05) is 11.8 Å². The van der Waals surface area contributed by atoms with Crippen LogP contribution in [-0.4, -0.2) is 6.41 Å². The molecule has 8 heavy (non-hydrogen) atoms. The van der Waals surface area contributed by atoms with Crippen molar-refractivity contribution in [2.75, 3.05) is 0 Å². The third-order valence-corrected chi connectivity index (χ3v) is 0.568. The number of allylic oxidation sites excluding steroid dienone is 2. The van der Waals surface area contributed by atoms with Crippen LogP contribution >= 0.6 is 0 Å². The molecule has 0 aliphatic carbocycles. The number of carbonyl (C=O) groups is 1. The Morgan fingerprint density at radius 1 is 1.88 bits per heavy atom. The van der Waals surface area contributed by atoms with Gasteiger partial charge in [0.2, 0.25) is 6.41 Å². The lowest BCUT2D eigenvalue weighted by Crippen LogP contribution is -2.05. The third-order valence-electron chi connectivity index (χ3n) is 0.568. The fourth-order valence-corrected chi connectivity index (χ4v) is 0.231. The number of amides is 1. The molecule has 0 rings (SSSR count). The summed E-state index contributed by atoms with van der Waals surface area (Å²) in [5, 5.41) is 10.3. The fourth-order valence-electron chi connectivity index (χ4n) is 0.231. The SMILES string of the molecule is CC(=CC#N)NC=O. The highest BCUT2D eigenvalue weighted by Crippen LogP contribution is 1.79. The molecule has 42 valence electrons. The van der Waals surface area contributed by atoms with Crippen molar-refractivity contribution in [1.82, 2.24) is 5.32 Å². The molecule has 0 aliphatic heterocycles. The summed E-state index contributed by atoms with van der Waals surface area (Å²) in [6.45, 7) is 1.64. The minimum Gasteiger partial charge on any atom is -0.332 e. The van der Waals surface area contributed by atoms with Gasteiger partial charge in [0.25, 0.3) is 0 Å². The molecule has 0 aliphatic rings. The molecule has 0 saturated carbocycles. The van der Waals surface area contributed by atoms with Crippen LogP contribution in [0, 0.1) is 11.3 Å². The van der Waals surface area contributed by atoms with Crippen LogP contribution in [-0.2, 0) is 4.79 Å². The van der Waals surface area contributed by atoms with Crippen LogP contribution in [0.15, 0.2) is 11.8 Å². The molecule has 0 heterocycles. The Bertz CT molecular complexity index is 143. The summed E-state index contributed by atoms with van der Waals surface area (Å²) in [5.41, 5.74) is 0.558. The first-order valence-corrected chi connectivity index (χ1v) is 2.08. The minimum atomic E-state index is 0.531. The number of nitrogens with one attached hydrogen (secondary N) is 1. The van der Waals surface area contributed by atoms with Crippen LogP contribution in [0.5, 0.6) is 0 Å². The summed E-state index contributed by atoms with van der Waals surface area (Å²) in [5.74, 6) is 0.